The average molecular weight is 338 g/mol. The van der Waals surface area contributed by atoms with Crippen molar-refractivity contribution in [1.29, 1.82) is 0 Å². The van der Waals surface area contributed by atoms with Gasteiger partial charge in [-0.25, -0.2) is 4.99 Å². The molecule has 140 valence electrons. The molecule has 0 spiro atoms. The van der Waals surface area contributed by atoms with Crippen molar-refractivity contribution < 1.29 is 9.59 Å². The number of quaternary nitrogens is 1. The van der Waals surface area contributed by atoms with Crippen LogP contribution in [0.4, 0.5) is 0 Å². The van der Waals surface area contributed by atoms with Gasteiger partial charge in [0.2, 0.25) is 0 Å². The van der Waals surface area contributed by atoms with E-state index in [1.54, 1.807) is 0 Å². The van der Waals surface area contributed by atoms with Crippen LogP contribution in [0.15, 0.2) is 17.1 Å². The highest BCUT2D eigenvalue weighted by Crippen LogP contribution is 2.17. The van der Waals surface area contributed by atoms with Crippen molar-refractivity contribution in [2.24, 2.45) is 4.99 Å². The van der Waals surface area contributed by atoms with E-state index in [0.717, 1.165) is 26.1 Å². The summed E-state index contributed by atoms with van der Waals surface area (Å²) in [7, 11) is 0. The Morgan fingerprint density at radius 1 is 0.958 bits per heavy atom. The minimum atomic E-state index is -0.307. The Hall–Kier alpha value is -0.670. The third kappa shape index (κ3) is 8.43. The van der Waals surface area contributed by atoms with E-state index in [1.165, 1.54) is 70.6 Å². The molecule has 0 amide bonds. The van der Waals surface area contributed by atoms with Crippen molar-refractivity contribution in [2.75, 3.05) is 19.6 Å². The maximum atomic E-state index is 10.2. The van der Waals surface area contributed by atoms with Crippen LogP contribution in [0.5, 0.6) is 0 Å². The molecule has 2 atom stereocenters. The number of unbranched alkanes of at least 4 members (excludes halogenated alkanes) is 10. The van der Waals surface area contributed by atoms with E-state index in [0.29, 0.717) is 4.48 Å². The fourth-order valence-corrected chi connectivity index (χ4v) is 3.51. The summed E-state index contributed by atoms with van der Waals surface area (Å²) in [6, 6.07) is 0. The van der Waals surface area contributed by atoms with Gasteiger partial charge in [-0.2, -0.15) is 0 Å². The average Bonchev–Trinajstić information content (AvgIpc) is 3.08. The number of aliphatic hydroxyl groups is 1. The van der Waals surface area contributed by atoms with Gasteiger partial charge in [-0.3, -0.25) is 4.48 Å². The molecular formula is C21H41N2O+. The van der Waals surface area contributed by atoms with Crippen LogP contribution in [0.1, 0.15) is 90.9 Å². The first kappa shape index (κ1) is 21.4. The Kier molecular flexibility index (Phi) is 12.1. The van der Waals surface area contributed by atoms with E-state index in [2.05, 4.69) is 24.1 Å². The summed E-state index contributed by atoms with van der Waals surface area (Å²) in [5.41, 5.74) is 0. The van der Waals surface area contributed by atoms with Gasteiger partial charge in [0.05, 0.1) is 6.54 Å². The third-order valence-electron chi connectivity index (χ3n) is 5.25. The summed E-state index contributed by atoms with van der Waals surface area (Å²) in [5, 5.41) is 10.2. The number of aliphatic imine (C=N–C) groups is 1. The first-order valence-electron chi connectivity index (χ1n) is 10.5. The van der Waals surface area contributed by atoms with E-state index in [9.17, 15) is 5.11 Å². The van der Waals surface area contributed by atoms with Gasteiger partial charge in [-0.1, -0.05) is 77.7 Å². The van der Waals surface area contributed by atoms with E-state index >= 15 is 0 Å². The van der Waals surface area contributed by atoms with Crippen LogP contribution in [0.3, 0.4) is 0 Å². The lowest BCUT2D eigenvalue weighted by Gasteiger charge is -2.33. The van der Waals surface area contributed by atoms with Crippen molar-refractivity contribution in [3.63, 3.8) is 0 Å². The number of aliphatic hydroxyl groups excluding tert-OH is 1. The van der Waals surface area contributed by atoms with Crippen LogP contribution in [-0.4, -0.2) is 41.8 Å². The van der Waals surface area contributed by atoms with E-state index in [4.69, 9.17) is 0 Å². The largest absolute Gasteiger partial charge is 0.344 e. The molecule has 3 heteroatoms. The monoisotopic (exact) mass is 337 g/mol. The van der Waals surface area contributed by atoms with Gasteiger partial charge in [0.15, 0.2) is 12.6 Å². The molecular weight excluding hydrogens is 296 g/mol. The van der Waals surface area contributed by atoms with Crippen molar-refractivity contribution in [3.05, 3.63) is 12.2 Å². The number of hydrogen-bond donors (Lipinski definition) is 1. The lowest BCUT2D eigenvalue weighted by Crippen LogP contribution is -2.53. The Bertz CT molecular complexity index is 354. The molecule has 3 nitrogen and oxygen atoms in total. The first-order valence-corrected chi connectivity index (χ1v) is 10.5. The molecule has 1 N–H and O–H groups in total. The fraction of sp³-hybridized carbons (Fsp3) is 0.857. The Morgan fingerprint density at radius 3 is 2.12 bits per heavy atom. The normalized spacial score (nSPS) is 21.8. The smallest absolute Gasteiger partial charge is 0.195 e. The summed E-state index contributed by atoms with van der Waals surface area (Å²) in [6.07, 6.45) is 22.1. The zero-order valence-electron chi connectivity index (χ0n) is 16.3. The lowest BCUT2D eigenvalue weighted by atomic mass is 10.1. The molecule has 2 unspecified atom stereocenters. The molecule has 0 saturated carbocycles. The highest BCUT2D eigenvalue weighted by Gasteiger charge is 2.34. The topological polar surface area (TPSA) is 32.6 Å². The molecule has 0 radical (unpaired) electrons. The Labute approximate surface area is 150 Å². The van der Waals surface area contributed by atoms with Gasteiger partial charge in [0, 0.05) is 6.42 Å². The predicted octanol–water partition coefficient (Wildman–Crippen LogP) is 5.44. The van der Waals surface area contributed by atoms with Crippen LogP contribution in [0.25, 0.3) is 0 Å². The van der Waals surface area contributed by atoms with Gasteiger partial charge < -0.3 is 5.11 Å². The maximum absolute atomic E-state index is 10.2. The summed E-state index contributed by atoms with van der Waals surface area (Å²) in [6.45, 7) is 7.00. The van der Waals surface area contributed by atoms with Gasteiger partial charge in [-0.15, -0.1) is 0 Å². The summed E-state index contributed by atoms with van der Waals surface area (Å²) >= 11 is 0. The quantitative estimate of drug-likeness (QED) is 0.241. The molecule has 0 bridgehead atoms. The Morgan fingerprint density at radius 2 is 1.58 bits per heavy atom. The van der Waals surface area contributed by atoms with Crippen LogP contribution < -0.4 is 0 Å². The van der Waals surface area contributed by atoms with Crippen LogP contribution in [-0.2, 0) is 0 Å². The number of nitrogens with zero attached hydrogens (tertiary/aromatic N) is 2. The predicted molar refractivity (Wildman–Crippen MR) is 105 cm³/mol. The lowest BCUT2D eigenvalue weighted by molar-refractivity contribution is -0.874. The van der Waals surface area contributed by atoms with Crippen molar-refractivity contribution in [3.8, 4) is 0 Å². The number of rotatable bonds is 15. The Balaban J connectivity index is 1.99. The highest BCUT2D eigenvalue weighted by atomic mass is 16.3. The fourth-order valence-electron chi connectivity index (χ4n) is 3.51. The summed E-state index contributed by atoms with van der Waals surface area (Å²) in [4.78, 5) is 4.34. The standard InChI is InChI=1S/C21H41N2O/c1-3-5-6-7-8-9-10-11-12-13-14-15-16-18-23(21(24)4-2)19-17-22-20-23/h15-16,20-21,24H,3-14,17-19H2,1-2H3/q+1. The van der Waals surface area contributed by atoms with Gasteiger partial charge >= 0.3 is 0 Å². The van der Waals surface area contributed by atoms with Gasteiger partial charge in [0.25, 0.3) is 0 Å². The minimum Gasteiger partial charge on any atom is -0.344 e. The van der Waals surface area contributed by atoms with E-state index < -0.39 is 0 Å². The minimum absolute atomic E-state index is 0.307. The molecule has 0 aromatic heterocycles. The summed E-state index contributed by atoms with van der Waals surface area (Å²) < 4.78 is 0.630. The maximum Gasteiger partial charge on any atom is 0.195 e. The molecule has 0 aromatic carbocycles. The second-order valence-electron chi connectivity index (χ2n) is 7.36. The van der Waals surface area contributed by atoms with E-state index in [1.807, 2.05) is 13.3 Å². The zero-order valence-corrected chi connectivity index (χ0v) is 16.3. The molecule has 1 aliphatic rings. The first-order chi connectivity index (χ1) is 11.7. The van der Waals surface area contributed by atoms with Crippen LogP contribution >= 0.6 is 0 Å². The highest BCUT2D eigenvalue weighted by molar-refractivity contribution is 5.48. The van der Waals surface area contributed by atoms with Crippen molar-refractivity contribution in [1.82, 2.24) is 0 Å². The molecule has 1 aliphatic heterocycles. The van der Waals surface area contributed by atoms with E-state index in [-0.39, 0.29) is 6.23 Å². The van der Waals surface area contributed by atoms with Crippen LogP contribution in [0, 0.1) is 0 Å². The van der Waals surface area contributed by atoms with Crippen molar-refractivity contribution in [2.45, 2.75) is 97.1 Å². The molecule has 0 aromatic rings. The third-order valence-corrected chi connectivity index (χ3v) is 5.25. The molecule has 0 aliphatic carbocycles. The molecule has 1 heterocycles. The van der Waals surface area contributed by atoms with Gasteiger partial charge in [-0.05, 0) is 18.9 Å². The SMILES string of the molecule is CCCCCCCCCCCCC=CC[N+]1(C(O)CC)C=NCC1. The number of hydrogen-bond acceptors (Lipinski definition) is 2. The molecule has 24 heavy (non-hydrogen) atoms. The second-order valence-corrected chi connectivity index (χ2v) is 7.36. The second kappa shape index (κ2) is 13.6. The molecule has 0 saturated heterocycles. The van der Waals surface area contributed by atoms with Crippen molar-refractivity contribution >= 4 is 6.34 Å². The zero-order chi connectivity index (χ0) is 17.5. The molecule has 0 fully saturated rings. The summed E-state index contributed by atoms with van der Waals surface area (Å²) in [5.74, 6) is 0. The number of allylic oxidation sites excluding steroid dienone is 1. The molecule has 1 rings (SSSR count). The van der Waals surface area contributed by atoms with Crippen LogP contribution in [0.2, 0.25) is 0 Å². The van der Waals surface area contributed by atoms with Gasteiger partial charge in [0.1, 0.15) is 13.1 Å².